The third-order valence-corrected chi connectivity index (χ3v) is 2.50. The van der Waals surface area contributed by atoms with Crippen LogP contribution in [0.3, 0.4) is 0 Å². The van der Waals surface area contributed by atoms with Crippen molar-refractivity contribution in [2.45, 2.75) is 26.9 Å². The minimum absolute atomic E-state index is 0.0254. The molecule has 0 saturated carbocycles. The zero-order valence-electron chi connectivity index (χ0n) is 12.3. The molecule has 1 aromatic rings. The van der Waals surface area contributed by atoms with Crippen molar-refractivity contribution in [2.24, 2.45) is 0 Å². The number of ether oxygens (including phenoxy) is 1. The van der Waals surface area contributed by atoms with Crippen molar-refractivity contribution >= 4 is 17.5 Å². The third-order valence-electron chi connectivity index (χ3n) is 2.50. The van der Waals surface area contributed by atoms with Crippen LogP contribution in [0.25, 0.3) is 0 Å². The van der Waals surface area contributed by atoms with Crippen molar-refractivity contribution in [1.82, 2.24) is 15.3 Å². The summed E-state index contributed by atoms with van der Waals surface area (Å²) in [5.74, 6) is 2.04. The number of hydrogen-bond donors (Lipinski definition) is 3. The Bertz CT molecular complexity index is 425. The molecule has 0 atom stereocenters. The molecule has 0 radical (unpaired) electrons. The van der Waals surface area contributed by atoms with Crippen LogP contribution in [0.4, 0.5) is 11.6 Å². The van der Waals surface area contributed by atoms with Gasteiger partial charge in [-0.05, 0) is 13.8 Å². The number of anilines is 2. The summed E-state index contributed by atoms with van der Waals surface area (Å²) in [6, 6.07) is 1.80. The van der Waals surface area contributed by atoms with Gasteiger partial charge in [0.05, 0.1) is 0 Å². The molecule has 0 saturated heterocycles. The first-order valence-electron chi connectivity index (χ1n) is 6.83. The monoisotopic (exact) mass is 281 g/mol. The number of hydrogen-bond acceptors (Lipinski definition) is 6. The van der Waals surface area contributed by atoms with E-state index in [0.717, 1.165) is 5.82 Å². The first-order valence-corrected chi connectivity index (χ1v) is 6.83. The SMILES string of the molecule is CCNC(=O)CCNc1cc(NC)nc(COCC)n1. The van der Waals surface area contributed by atoms with Gasteiger partial charge in [-0.1, -0.05) is 0 Å². The number of aromatic nitrogens is 2. The molecule has 20 heavy (non-hydrogen) atoms. The molecule has 1 amide bonds. The summed E-state index contributed by atoms with van der Waals surface area (Å²) >= 11 is 0. The van der Waals surface area contributed by atoms with E-state index < -0.39 is 0 Å². The summed E-state index contributed by atoms with van der Waals surface area (Å²) in [7, 11) is 1.80. The Morgan fingerprint density at radius 1 is 1.30 bits per heavy atom. The molecular weight excluding hydrogens is 258 g/mol. The van der Waals surface area contributed by atoms with Crippen LogP contribution in [-0.2, 0) is 16.1 Å². The second-order valence-electron chi connectivity index (χ2n) is 4.07. The molecule has 1 aromatic heterocycles. The Morgan fingerprint density at radius 2 is 2.05 bits per heavy atom. The van der Waals surface area contributed by atoms with Crippen molar-refractivity contribution in [3.05, 3.63) is 11.9 Å². The zero-order chi connectivity index (χ0) is 14.8. The lowest BCUT2D eigenvalue weighted by molar-refractivity contribution is -0.120. The Morgan fingerprint density at radius 3 is 2.70 bits per heavy atom. The Hall–Kier alpha value is -1.89. The number of rotatable bonds is 9. The van der Waals surface area contributed by atoms with Gasteiger partial charge in [0.1, 0.15) is 18.2 Å². The number of carbonyl (C=O) groups is 1. The highest BCUT2D eigenvalue weighted by Crippen LogP contribution is 2.11. The van der Waals surface area contributed by atoms with E-state index in [4.69, 9.17) is 4.74 Å². The van der Waals surface area contributed by atoms with Crippen LogP contribution in [-0.4, -0.2) is 42.6 Å². The highest BCUT2D eigenvalue weighted by molar-refractivity contribution is 5.76. The Balaban J connectivity index is 2.57. The average Bonchev–Trinajstić information content (AvgIpc) is 2.45. The second-order valence-corrected chi connectivity index (χ2v) is 4.07. The molecular formula is C13H23N5O2. The van der Waals surface area contributed by atoms with Gasteiger partial charge in [0.25, 0.3) is 0 Å². The summed E-state index contributed by atoms with van der Waals surface area (Å²) in [5, 5.41) is 8.85. The number of carbonyl (C=O) groups excluding carboxylic acids is 1. The molecule has 0 aliphatic carbocycles. The van der Waals surface area contributed by atoms with Gasteiger partial charge in [0.15, 0.2) is 5.82 Å². The summed E-state index contributed by atoms with van der Waals surface area (Å²) in [6.45, 7) is 5.99. The molecule has 0 aliphatic rings. The van der Waals surface area contributed by atoms with Crippen LogP contribution in [0.1, 0.15) is 26.1 Å². The van der Waals surface area contributed by atoms with E-state index in [1.807, 2.05) is 13.8 Å². The highest BCUT2D eigenvalue weighted by atomic mass is 16.5. The topological polar surface area (TPSA) is 88.2 Å². The maximum atomic E-state index is 11.3. The van der Waals surface area contributed by atoms with Crippen molar-refractivity contribution in [3.8, 4) is 0 Å². The largest absolute Gasteiger partial charge is 0.374 e. The molecule has 0 bridgehead atoms. The van der Waals surface area contributed by atoms with Gasteiger partial charge < -0.3 is 20.7 Å². The normalized spacial score (nSPS) is 10.2. The smallest absolute Gasteiger partial charge is 0.221 e. The first-order chi connectivity index (χ1) is 9.69. The standard InChI is InChI=1S/C13H23N5O2/c1-4-15-13(19)6-7-16-11-8-10(14-3)17-12(18-11)9-20-5-2/h8H,4-7,9H2,1-3H3,(H,15,19)(H2,14,16,17,18). The van der Waals surface area contributed by atoms with Gasteiger partial charge in [-0.3, -0.25) is 4.79 Å². The fourth-order valence-corrected chi connectivity index (χ4v) is 1.56. The van der Waals surface area contributed by atoms with Crippen molar-refractivity contribution < 1.29 is 9.53 Å². The van der Waals surface area contributed by atoms with E-state index in [0.29, 0.717) is 44.4 Å². The van der Waals surface area contributed by atoms with E-state index in [2.05, 4.69) is 25.9 Å². The first kappa shape index (κ1) is 16.2. The molecule has 0 fully saturated rings. The molecule has 7 nitrogen and oxygen atoms in total. The van der Waals surface area contributed by atoms with E-state index >= 15 is 0 Å². The predicted octanol–water partition coefficient (Wildman–Crippen LogP) is 0.993. The number of nitrogens with zero attached hydrogens (tertiary/aromatic N) is 2. The molecule has 7 heteroatoms. The summed E-state index contributed by atoms with van der Waals surface area (Å²) in [5.41, 5.74) is 0. The van der Waals surface area contributed by atoms with Crippen LogP contribution in [0, 0.1) is 0 Å². The van der Waals surface area contributed by atoms with Gasteiger partial charge in [-0.2, -0.15) is 0 Å². The van der Waals surface area contributed by atoms with E-state index in [1.54, 1.807) is 13.1 Å². The predicted molar refractivity (Wildman–Crippen MR) is 78.7 cm³/mol. The van der Waals surface area contributed by atoms with Gasteiger partial charge in [0, 0.05) is 39.2 Å². The quantitative estimate of drug-likeness (QED) is 0.625. The van der Waals surface area contributed by atoms with Crippen LogP contribution in [0.15, 0.2) is 6.07 Å². The van der Waals surface area contributed by atoms with E-state index in [9.17, 15) is 4.79 Å². The van der Waals surface area contributed by atoms with Gasteiger partial charge >= 0.3 is 0 Å². The lowest BCUT2D eigenvalue weighted by atomic mass is 10.4. The molecule has 0 unspecified atom stereocenters. The molecule has 0 spiro atoms. The zero-order valence-corrected chi connectivity index (χ0v) is 12.3. The number of nitrogens with one attached hydrogen (secondary N) is 3. The molecule has 1 rings (SSSR count). The van der Waals surface area contributed by atoms with Crippen LogP contribution >= 0.6 is 0 Å². The summed E-state index contributed by atoms with van der Waals surface area (Å²) in [6.07, 6.45) is 0.410. The van der Waals surface area contributed by atoms with Crippen LogP contribution in [0.2, 0.25) is 0 Å². The van der Waals surface area contributed by atoms with Crippen molar-refractivity contribution in [2.75, 3.05) is 37.4 Å². The molecule has 0 aromatic carbocycles. The molecule has 1 heterocycles. The average molecular weight is 281 g/mol. The second kappa shape index (κ2) is 9.08. The summed E-state index contributed by atoms with van der Waals surface area (Å²) in [4.78, 5) is 20.0. The summed E-state index contributed by atoms with van der Waals surface area (Å²) < 4.78 is 5.30. The van der Waals surface area contributed by atoms with Crippen molar-refractivity contribution in [3.63, 3.8) is 0 Å². The fraction of sp³-hybridized carbons (Fsp3) is 0.615. The maximum Gasteiger partial charge on any atom is 0.221 e. The van der Waals surface area contributed by atoms with Gasteiger partial charge in [0.2, 0.25) is 5.91 Å². The maximum absolute atomic E-state index is 11.3. The van der Waals surface area contributed by atoms with E-state index in [-0.39, 0.29) is 5.91 Å². The third kappa shape index (κ3) is 5.83. The highest BCUT2D eigenvalue weighted by Gasteiger charge is 2.05. The van der Waals surface area contributed by atoms with Gasteiger partial charge in [-0.15, -0.1) is 0 Å². The Labute approximate surface area is 119 Å². The minimum Gasteiger partial charge on any atom is -0.374 e. The minimum atomic E-state index is 0.0254. The fourth-order valence-electron chi connectivity index (χ4n) is 1.56. The van der Waals surface area contributed by atoms with Crippen LogP contribution in [0.5, 0.6) is 0 Å². The molecule has 3 N–H and O–H groups in total. The van der Waals surface area contributed by atoms with Gasteiger partial charge in [-0.25, -0.2) is 9.97 Å². The molecule has 0 aliphatic heterocycles. The van der Waals surface area contributed by atoms with Crippen molar-refractivity contribution in [1.29, 1.82) is 0 Å². The number of amides is 1. The lowest BCUT2D eigenvalue weighted by Gasteiger charge is -2.10. The van der Waals surface area contributed by atoms with E-state index in [1.165, 1.54) is 0 Å². The lowest BCUT2D eigenvalue weighted by Crippen LogP contribution is -2.25. The van der Waals surface area contributed by atoms with Crippen LogP contribution < -0.4 is 16.0 Å². The Kier molecular flexibility index (Phi) is 7.34. The molecule has 112 valence electrons.